The molecule has 0 spiro atoms. The molecule has 4 heteroatoms. The minimum absolute atomic E-state index is 0.125. The number of carbonyl (C=O) groups excluding carboxylic acids is 2. The standard InChI is InChI=1S/C27H34O4/c1-9-12-20-22(26(5,6)30-24(20)28)16(3)18-14-11-15-19(18)17(4)23-21(13-10-2)25(29)31-27(23,7)8/h9-10,18-19H,1-4,11-15H2,5-8H3/t18-,19+. The van der Waals surface area contributed by atoms with Crippen LogP contribution in [0.25, 0.3) is 0 Å². The van der Waals surface area contributed by atoms with Gasteiger partial charge in [0.05, 0.1) is 0 Å². The fourth-order valence-corrected chi connectivity index (χ4v) is 5.61. The normalized spacial score (nSPS) is 26.7. The third-order valence-electron chi connectivity index (χ3n) is 6.75. The SMILES string of the molecule is C=CCC1=C(C(=C)[C@H]2CCC[C@H]2C(=C)C2=C(CC=C)C(=O)OC2(C)C)C(C)(C)OC1=O. The van der Waals surface area contributed by atoms with Crippen LogP contribution in [0.2, 0.25) is 0 Å². The largest absolute Gasteiger partial charge is 0.451 e. The molecule has 3 rings (SSSR count). The highest BCUT2D eigenvalue weighted by Gasteiger charge is 2.47. The summed E-state index contributed by atoms with van der Waals surface area (Å²) in [6.07, 6.45) is 7.32. The summed E-state index contributed by atoms with van der Waals surface area (Å²) in [7, 11) is 0. The van der Waals surface area contributed by atoms with E-state index in [0.29, 0.717) is 24.0 Å². The maximum atomic E-state index is 12.5. The lowest BCUT2D eigenvalue weighted by Gasteiger charge is -2.32. The fraction of sp³-hybridized carbons (Fsp3) is 0.481. The molecule has 2 aliphatic heterocycles. The number of ether oxygens (including phenoxy) is 2. The quantitative estimate of drug-likeness (QED) is 0.359. The van der Waals surface area contributed by atoms with Gasteiger partial charge in [-0.2, -0.15) is 0 Å². The first-order valence-electron chi connectivity index (χ1n) is 11.0. The Hall–Kier alpha value is -2.62. The molecule has 1 aliphatic carbocycles. The fourth-order valence-electron chi connectivity index (χ4n) is 5.61. The van der Waals surface area contributed by atoms with Crippen molar-refractivity contribution < 1.29 is 19.1 Å². The third-order valence-corrected chi connectivity index (χ3v) is 6.75. The molecule has 0 amide bonds. The van der Waals surface area contributed by atoms with Crippen LogP contribution in [0.4, 0.5) is 0 Å². The van der Waals surface area contributed by atoms with Gasteiger partial charge in [-0.05, 0) is 76.4 Å². The average Bonchev–Trinajstić information content (AvgIpc) is 3.29. The van der Waals surface area contributed by atoms with Gasteiger partial charge in [0, 0.05) is 22.3 Å². The Balaban J connectivity index is 2.01. The highest BCUT2D eigenvalue weighted by Crippen LogP contribution is 2.51. The van der Waals surface area contributed by atoms with Gasteiger partial charge in [-0.3, -0.25) is 0 Å². The minimum atomic E-state index is -0.722. The predicted octanol–water partition coefficient (Wildman–Crippen LogP) is 5.93. The molecule has 0 unspecified atom stereocenters. The van der Waals surface area contributed by atoms with Crippen LogP contribution in [-0.4, -0.2) is 23.1 Å². The molecule has 0 aromatic carbocycles. The average molecular weight is 423 g/mol. The molecule has 0 saturated heterocycles. The molecule has 1 fully saturated rings. The van der Waals surface area contributed by atoms with E-state index in [0.717, 1.165) is 41.6 Å². The van der Waals surface area contributed by atoms with Crippen LogP contribution in [0.15, 0.2) is 71.9 Å². The Morgan fingerprint density at radius 3 is 1.52 bits per heavy atom. The van der Waals surface area contributed by atoms with Crippen LogP contribution in [0.1, 0.15) is 59.8 Å². The van der Waals surface area contributed by atoms with Gasteiger partial charge in [0.1, 0.15) is 11.2 Å². The lowest BCUT2D eigenvalue weighted by molar-refractivity contribution is -0.145. The molecule has 0 N–H and O–H groups in total. The topological polar surface area (TPSA) is 52.6 Å². The van der Waals surface area contributed by atoms with Crippen LogP contribution < -0.4 is 0 Å². The van der Waals surface area contributed by atoms with E-state index in [1.165, 1.54) is 0 Å². The first-order valence-corrected chi connectivity index (χ1v) is 11.0. The van der Waals surface area contributed by atoms with E-state index in [2.05, 4.69) is 26.3 Å². The molecule has 1 saturated carbocycles. The van der Waals surface area contributed by atoms with E-state index in [-0.39, 0.29) is 23.8 Å². The number of rotatable bonds is 8. The van der Waals surface area contributed by atoms with Gasteiger partial charge < -0.3 is 9.47 Å². The lowest BCUT2D eigenvalue weighted by atomic mass is 9.73. The van der Waals surface area contributed by atoms with E-state index in [4.69, 9.17) is 9.47 Å². The summed E-state index contributed by atoms with van der Waals surface area (Å²) in [4.78, 5) is 25.0. The van der Waals surface area contributed by atoms with Crippen molar-refractivity contribution >= 4 is 11.9 Å². The van der Waals surface area contributed by atoms with Crippen molar-refractivity contribution in [2.24, 2.45) is 11.8 Å². The van der Waals surface area contributed by atoms with Gasteiger partial charge in [-0.15, -0.1) is 13.2 Å². The van der Waals surface area contributed by atoms with Crippen LogP contribution >= 0.6 is 0 Å². The molecular formula is C27H34O4. The van der Waals surface area contributed by atoms with Gasteiger partial charge in [0.25, 0.3) is 0 Å². The summed E-state index contributed by atoms with van der Waals surface area (Å²) < 4.78 is 11.3. The van der Waals surface area contributed by atoms with Gasteiger partial charge in [0.2, 0.25) is 0 Å². The Morgan fingerprint density at radius 1 is 0.839 bits per heavy atom. The monoisotopic (exact) mass is 422 g/mol. The van der Waals surface area contributed by atoms with Crippen molar-refractivity contribution in [3.8, 4) is 0 Å². The molecule has 2 atom stereocenters. The Labute approximate surface area is 186 Å². The van der Waals surface area contributed by atoms with Crippen molar-refractivity contribution in [3.63, 3.8) is 0 Å². The molecule has 0 bridgehead atoms. The molecule has 166 valence electrons. The van der Waals surface area contributed by atoms with Crippen molar-refractivity contribution in [3.05, 3.63) is 71.9 Å². The zero-order valence-electron chi connectivity index (χ0n) is 19.3. The van der Waals surface area contributed by atoms with E-state index >= 15 is 0 Å². The second kappa shape index (κ2) is 8.14. The summed E-state index contributed by atoms with van der Waals surface area (Å²) in [6.45, 7) is 24.2. The summed E-state index contributed by atoms with van der Waals surface area (Å²) in [6, 6.07) is 0. The summed E-state index contributed by atoms with van der Waals surface area (Å²) in [5.41, 5.74) is 3.50. The van der Waals surface area contributed by atoms with E-state index < -0.39 is 11.2 Å². The Kier molecular flexibility index (Phi) is 6.05. The maximum absolute atomic E-state index is 12.5. The van der Waals surface area contributed by atoms with E-state index in [1.807, 2.05) is 27.7 Å². The third kappa shape index (κ3) is 3.88. The Morgan fingerprint density at radius 2 is 1.19 bits per heavy atom. The molecule has 0 aromatic heterocycles. The van der Waals surface area contributed by atoms with Crippen molar-refractivity contribution in [2.45, 2.75) is 71.0 Å². The molecule has 4 nitrogen and oxygen atoms in total. The van der Waals surface area contributed by atoms with Crippen LogP contribution in [0.3, 0.4) is 0 Å². The second-order valence-electron chi connectivity index (χ2n) is 9.69. The van der Waals surface area contributed by atoms with Crippen LogP contribution in [0.5, 0.6) is 0 Å². The van der Waals surface area contributed by atoms with Gasteiger partial charge in [-0.25, -0.2) is 9.59 Å². The summed E-state index contributed by atoms with van der Waals surface area (Å²) >= 11 is 0. The zero-order valence-corrected chi connectivity index (χ0v) is 19.3. The zero-order chi connectivity index (χ0) is 23.1. The van der Waals surface area contributed by atoms with E-state index in [9.17, 15) is 9.59 Å². The van der Waals surface area contributed by atoms with Gasteiger partial charge in [-0.1, -0.05) is 31.7 Å². The van der Waals surface area contributed by atoms with Crippen LogP contribution in [0, 0.1) is 11.8 Å². The predicted molar refractivity (Wildman–Crippen MR) is 123 cm³/mol. The smallest absolute Gasteiger partial charge is 0.335 e. The van der Waals surface area contributed by atoms with Crippen molar-refractivity contribution in [2.75, 3.05) is 0 Å². The number of allylic oxidation sites excluding steroid dienone is 2. The number of cyclic esters (lactones) is 2. The number of esters is 2. The first kappa shape index (κ1) is 23.1. The number of hydrogen-bond acceptors (Lipinski definition) is 4. The van der Waals surface area contributed by atoms with Gasteiger partial charge in [0.15, 0.2) is 0 Å². The molecule has 0 radical (unpaired) electrons. The summed E-state index contributed by atoms with van der Waals surface area (Å²) in [5.74, 6) is -0.331. The lowest BCUT2D eigenvalue weighted by Crippen LogP contribution is -2.29. The number of carbonyl (C=O) groups is 2. The van der Waals surface area contributed by atoms with E-state index in [1.54, 1.807) is 12.2 Å². The van der Waals surface area contributed by atoms with Crippen molar-refractivity contribution in [1.29, 1.82) is 0 Å². The second-order valence-corrected chi connectivity index (χ2v) is 9.69. The highest BCUT2D eigenvalue weighted by molar-refractivity contribution is 5.95. The molecule has 0 aromatic rings. The number of hydrogen-bond donors (Lipinski definition) is 0. The van der Waals surface area contributed by atoms with Gasteiger partial charge >= 0.3 is 11.9 Å². The first-order chi connectivity index (χ1) is 14.5. The summed E-state index contributed by atoms with van der Waals surface area (Å²) in [5, 5.41) is 0. The molecule has 3 aliphatic rings. The highest BCUT2D eigenvalue weighted by atomic mass is 16.6. The minimum Gasteiger partial charge on any atom is -0.451 e. The van der Waals surface area contributed by atoms with Crippen molar-refractivity contribution in [1.82, 2.24) is 0 Å². The maximum Gasteiger partial charge on any atom is 0.335 e. The van der Waals surface area contributed by atoms with Crippen LogP contribution in [-0.2, 0) is 19.1 Å². The molecule has 2 heterocycles. The molecular weight excluding hydrogens is 388 g/mol. The Bertz CT molecular complexity index is 862. The molecule has 31 heavy (non-hydrogen) atoms.